The molecule has 2 aromatic rings. The maximum absolute atomic E-state index is 10.8. The van der Waals surface area contributed by atoms with Crippen LogP contribution in [0.4, 0.5) is 5.69 Å². The van der Waals surface area contributed by atoms with E-state index in [9.17, 15) is 10.2 Å². The monoisotopic (exact) mass is 443 g/mol. The second-order valence-electron chi connectivity index (χ2n) is 8.76. The molecule has 0 spiro atoms. The van der Waals surface area contributed by atoms with Gasteiger partial charge in [0, 0.05) is 73.0 Å². The second-order valence-corrected chi connectivity index (χ2v) is 9.20. The minimum atomic E-state index is -0.0994. The number of allylic oxidation sites excluding steroid dienone is 2. The van der Waals surface area contributed by atoms with Gasteiger partial charge in [0.15, 0.2) is 11.8 Å². The van der Waals surface area contributed by atoms with Crippen molar-refractivity contribution in [2.75, 3.05) is 44.2 Å². The predicted octanol–water partition coefficient (Wildman–Crippen LogP) is 3.92. The summed E-state index contributed by atoms with van der Waals surface area (Å²) in [5, 5.41) is 22.4. The molecule has 1 aromatic carbocycles. The minimum Gasteiger partial charge on any atom is -0.494 e. The predicted molar refractivity (Wildman–Crippen MR) is 123 cm³/mol. The Bertz CT molecular complexity index is 945. The van der Waals surface area contributed by atoms with Crippen LogP contribution in [-0.2, 0) is 11.3 Å². The van der Waals surface area contributed by atoms with Crippen LogP contribution in [0.15, 0.2) is 36.4 Å². The van der Waals surface area contributed by atoms with E-state index < -0.39 is 0 Å². The number of fused-ring (bicyclic) bond motifs is 5. The fourth-order valence-electron chi connectivity index (χ4n) is 5.42. The maximum Gasteiger partial charge on any atom is 0.198 e. The summed E-state index contributed by atoms with van der Waals surface area (Å²) in [5.74, 6) is 0.883. The molecule has 0 saturated carbocycles. The Morgan fingerprint density at radius 2 is 1.71 bits per heavy atom. The molecule has 5 rings (SSSR count). The lowest BCUT2D eigenvalue weighted by atomic mass is 10.0. The largest absolute Gasteiger partial charge is 0.494 e. The van der Waals surface area contributed by atoms with Crippen molar-refractivity contribution in [1.29, 1.82) is 0 Å². The van der Waals surface area contributed by atoms with Gasteiger partial charge in [0.1, 0.15) is 0 Å². The third kappa shape index (κ3) is 3.81. The first-order chi connectivity index (χ1) is 15.0. The number of ether oxygens (including phenoxy) is 1. The summed E-state index contributed by atoms with van der Waals surface area (Å²) in [7, 11) is 0. The van der Waals surface area contributed by atoms with Crippen molar-refractivity contribution in [1.82, 2.24) is 9.47 Å². The van der Waals surface area contributed by atoms with Crippen molar-refractivity contribution in [2.45, 2.75) is 37.8 Å². The molecule has 2 heterocycles. The molecule has 31 heavy (non-hydrogen) atoms. The molecule has 7 heteroatoms. The van der Waals surface area contributed by atoms with Gasteiger partial charge in [0.05, 0.1) is 12.6 Å². The van der Waals surface area contributed by atoms with Crippen molar-refractivity contribution in [3.63, 3.8) is 0 Å². The summed E-state index contributed by atoms with van der Waals surface area (Å²) in [4.78, 5) is 4.76. The molecule has 2 N–H and O–H groups in total. The molecule has 6 nitrogen and oxygen atoms in total. The molecule has 2 aliphatic carbocycles. The lowest BCUT2D eigenvalue weighted by Gasteiger charge is -2.37. The molecule has 3 atom stereocenters. The zero-order valence-electron chi connectivity index (χ0n) is 17.9. The lowest BCUT2D eigenvalue weighted by molar-refractivity contribution is 0.0192. The summed E-state index contributed by atoms with van der Waals surface area (Å²) in [6, 6.07) is 8.00. The van der Waals surface area contributed by atoms with E-state index in [1.807, 2.05) is 25.1 Å². The van der Waals surface area contributed by atoms with Gasteiger partial charge in [-0.05, 0) is 31.5 Å². The fraction of sp³-hybridized carbons (Fsp3) is 0.500. The second kappa shape index (κ2) is 8.41. The fourth-order valence-corrected chi connectivity index (χ4v) is 5.60. The molecular formula is C24H30ClN3O3. The van der Waals surface area contributed by atoms with Crippen LogP contribution in [0.2, 0.25) is 5.02 Å². The van der Waals surface area contributed by atoms with Gasteiger partial charge in [-0.1, -0.05) is 29.8 Å². The van der Waals surface area contributed by atoms with Gasteiger partial charge < -0.3 is 19.8 Å². The molecule has 1 fully saturated rings. The van der Waals surface area contributed by atoms with E-state index in [4.69, 9.17) is 16.3 Å². The van der Waals surface area contributed by atoms with Crippen LogP contribution in [0.3, 0.4) is 0 Å². The van der Waals surface area contributed by atoms with Crippen LogP contribution in [0.5, 0.6) is 11.8 Å². The maximum atomic E-state index is 10.8. The van der Waals surface area contributed by atoms with E-state index in [0.29, 0.717) is 13.2 Å². The van der Waals surface area contributed by atoms with E-state index in [0.717, 1.165) is 61.0 Å². The Balaban J connectivity index is 1.24. The molecule has 2 bridgehead atoms. The molecule has 3 aliphatic rings. The average Bonchev–Trinajstić information content (AvgIpc) is 3.45. The Morgan fingerprint density at radius 1 is 1.03 bits per heavy atom. The van der Waals surface area contributed by atoms with Crippen molar-refractivity contribution in [2.24, 2.45) is 0 Å². The smallest absolute Gasteiger partial charge is 0.198 e. The summed E-state index contributed by atoms with van der Waals surface area (Å²) in [6.07, 6.45) is 5.17. The molecule has 2 unspecified atom stereocenters. The summed E-state index contributed by atoms with van der Waals surface area (Å²) < 4.78 is 7.68. The highest BCUT2D eigenvalue weighted by atomic mass is 35.5. The first-order valence-electron chi connectivity index (χ1n) is 11.2. The highest BCUT2D eigenvalue weighted by molar-refractivity contribution is 6.30. The van der Waals surface area contributed by atoms with Crippen molar-refractivity contribution < 1.29 is 14.9 Å². The number of piperazine rings is 1. The molecule has 1 saturated heterocycles. The Labute approximate surface area is 188 Å². The number of halogens is 1. The minimum absolute atomic E-state index is 0.0994. The highest BCUT2D eigenvalue weighted by Gasteiger charge is 2.41. The first-order valence-corrected chi connectivity index (χ1v) is 11.6. The standard InChI is InChI=1S/C24H30ClN3O3/c1-2-31-20(14-26-8-10-27(11-9-26)19-5-3-4-18(25)13-19)15-28-23(29)21-16-6-7-17(12-16)22(21)24(28)30/h3-7,13,16-17,20,29-30H,2,8-12,14-15H2,1H3/t16-,17?,20?/m0/s1. The van der Waals surface area contributed by atoms with Gasteiger partial charge in [-0.3, -0.25) is 9.47 Å². The van der Waals surface area contributed by atoms with Crippen LogP contribution >= 0.6 is 11.6 Å². The van der Waals surface area contributed by atoms with Crippen LogP contribution < -0.4 is 4.90 Å². The van der Waals surface area contributed by atoms with Gasteiger partial charge in [0.25, 0.3) is 0 Å². The third-order valence-corrected chi connectivity index (χ3v) is 7.14. The summed E-state index contributed by atoms with van der Waals surface area (Å²) in [5.41, 5.74) is 2.99. The number of benzene rings is 1. The van der Waals surface area contributed by atoms with E-state index in [2.05, 4.69) is 28.0 Å². The van der Waals surface area contributed by atoms with Crippen molar-refractivity contribution >= 4 is 17.3 Å². The molecule has 1 aromatic heterocycles. The lowest BCUT2D eigenvalue weighted by Crippen LogP contribution is -2.49. The van der Waals surface area contributed by atoms with E-state index in [1.165, 1.54) is 0 Å². The molecule has 166 valence electrons. The van der Waals surface area contributed by atoms with E-state index in [-0.39, 0.29) is 29.7 Å². The Kier molecular flexibility index (Phi) is 5.63. The van der Waals surface area contributed by atoms with Crippen LogP contribution in [0, 0.1) is 0 Å². The summed E-state index contributed by atoms with van der Waals surface area (Å²) in [6.45, 7) is 7.54. The van der Waals surface area contributed by atoms with Crippen LogP contribution in [0.25, 0.3) is 0 Å². The Hall–Kier alpha value is -2.15. The quantitative estimate of drug-likeness (QED) is 0.635. The number of hydrogen-bond acceptors (Lipinski definition) is 5. The van der Waals surface area contributed by atoms with E-state index >= 15 is 0 Å². The van der Waals surface area contributed by atoms with Crippen LogP contribution in [0.1, 0.15) is 36.3 Å². The molecule has 0 amide bonds. The number of hydrogen-bond donors (Lipinski definition) is 2. The van der Waals surface area contributed by atoms with E-state index in [1.54, 1.807) is 4.57 Å². The zero-order valence-corrected chi connectivity index (χ0v) is 18.6. The summed E-state index contributed by atoms with van der Waals surface area (Å²) >= 11 is 6.15. The van der Waals surface area contributed by atoms with Crippen molar-refractivity contribution in [3.05, 3.63) is 52.6 Å². The number of aromatic nitrogens is 1. The molecule has 1 aliphatic heterocycles. The number of rotatable bonds is 7. The Morgan fingerprint density at radius 3 is 2.32 bits per heavy atom. The van der Waals surface area contributed by atoms with Gasteiger partial charge in [0.2, 0.25) is 0 Å². The van der Waals surface area contributed by atoms with Gasteiger partial charge >= 0.3 is 0 Å². The number of nitrogens with zero attached hydrogens (tertiary/aromatic N) is 3. The van der Waals surface area contributed by atoms with Gasteiger partial charge in [-0.25, -0.2) is 0 Å². The first kappa shape index (κ1) is 20.7. The van der Waals surface area contributed by atoms with Crippen LogP contribution in [-0.4, -0.2) is 65.1 Å². The van der Waals surface area contributed by atoms with Gasteiger partial charge in [-0.15, -0.1) is 0 Å². The number of anilines is 1. The SMILES string of the molecule is CCOC(CN1CCN(c2cccc(Cl)c2)CC1)Cn1c(O)c2c(c1O)[C@H]1C=CC2C1. The third-order valence-electron chi connectivity index (χ3n) is 6.90. The zero-order chi connectivity index (χ0) is 21.5. The average molecular weight is 444 g/mol. The number of aromatic hydroxyl groups is 2. The molecular weight excluding hydrogens is 414 g/mol. The normalized spacial score (nSPS) is 23.5. The topological polar surface area (TPSA) is 61.1 Å². The highest BCUT2D eigenvalue weighted by Crippen LogP contribution is 2.56. The van der Waals surface area contributed by atoms with Gasteiger partial charge in [-0.2, -0.15) is 0 Å². The van der Waals surface area contributed by atoms with Crippen molar-refractivity contribution in [3.8, 4) is 11.8 Å². The molecule has 0 radical (unpaired) electrons.